The molecule has 0 saturated carbocycles. The summed E-state index contributed by atoms with van der Waals surface area (Å²) in [6.45, 7) is 0.744. The van der Waals surface area contributed by atoms with Gasteiger partial charge >= 0.3 is 5.97 Å². The summed E-state index contributed by atoms with van der Waals surface area (Å²) in [6.07, 6.45) is 3.15. The third kappa shape index (κ3) is 6.90. The molecule has 0 saturated heterocycles. The van der Waals surface area contributed by atoms with Crippen LogP contribution in [0.4, 0.5) is 5.69 Å². The molecule has 0 aliphatic heterocycles. The summed E-state index contributed by atoms with van der Waals surface area (Å²) < 4.78 is 10.1. The van der Waals surface area contributed by atoms with E-state index in [2.05, 4.69) is 27.5 Å². The van der Waals surface area contributed by atoms with Crippen molar-refractivity contribution in [1.82, 2.24) is 5.32 Å². The third-order valence-electron chi connectivity index (χ3n) is 4.13. The molecule has 0 amide bonds. The van der Waals surface area contributed by atoms with Crippen LogP contribution in [-0.2, 0) is 9.53 Å². The maximum Gasteiger partial charge on any atom is 0.305 e. The molecule has 27 heavy (non-hydrogen) atoms. The normalized spacial score (nSPS) is 10.1. The average molecular weight is 387 g/mol. The number of thiocarbonyl (C=S) groups is 1. The number of hydrogen-bond acceptors (Lipinski definition) is 4. The quantitative estimate of drug-likeness (QED) is 0.379. The highest BCUT2D eigenvalue weighted by molar-refractivity contribution is 7.80. The van der Waals surface area contributed by atoms with Crippen LogP contribution in [0, 0.1) is 0 Å². The van der Waals surface area contributed by atoms with Crippen LogP contribution in [0.1, 0.15) is 25.7 Å². The van der Waals surface area contributed by atoms with Gasteiger partial charge in [0.05, 0.1) is 19.9 Å². The number of carbonyl (C=O) groups is 1. The van der Waals surface area contributed by atoms with Crippen LogP contribution in [-0.4, -0.2) is 31.8 Å². The molecular weight excluding hydrogens is 360 g/mol. The van der Waals surface area contributed by atoms with E-state index in [-0.39, 0.29) is 5.97 Å². The lowest BCUT2D eigenvalue weighted by Gasteiger charge is -2.15. The maximum atomic E-state index is 11.1. The molecule has 144 valence electrons. The van der Waals surface area contributed by atoms with Crippen molar-refractivity contribution in [3.63, 3.8) is 0 Å². The molecule has 0 bridgehead atoms. The van der Waals surface area contributed by atoms with E-state index < -0.39 is 0 Å². The molecule has 0 aromatic heterocycles. The largest absolute Gasteiger partial charge is 0.495 e. The standard InChI is InChI=1S/C21H26N2O3S/c1-25-19-13-12-17(16-9-5-3-6-10-16)15-18(19)23-21(27)22-14-8-4-7-11-20(24)26-2/h3,5-6,9-10,12-13,15H,4,7-8,11,14H2,1-2H3,(H2,22,23,27). The van der Waals surface area contributed by atoms with Crippen LogP contribution in [0.25, 0.3) is 11.1 Å². The Kier molecular flexibility index (Phi) is 8.58. The van der Waals surface area contributed by atoms with Gasteiger partial charge in [-0.1, -0.05) is 42.8 Å². The molecule has 2 N–H and O–H groups in total. The summed E-state index contributed by atoms with van der Waals surface area (Å²) in [5.41, 5.74) is 3.04. The Labute approximate surface area is 166 Å². The second kappa shape index (κ2) is 11.2. The fourth-order valence-electron chi connectivity index (χ4n) is 2.66. The van der Waals surface area contributed by atoms with Gasteiger partial charge in [0, 0.05) is 13.0 Å². The molecule has 2 aromatic carbocycles. The first-order chi connectivity index (χ1) is 13.1. The average Bonchev–Trinajstić information content (AvgIpc) is 2.71. The van der Waals surface area contributed by atoms with Crippen LogP contribution in [0.2, 0.25) is 0 Å². The Bertz CT molecular complexity index is 750. The molecule has 6 heteroatoms. The van der Waals surface area contributed by atoms with Crippen molar-refractivity contribution < 1.29 is 14.3 Å². The zero-order valence-electron chi connectivity index (χ0n) is 15.8. The molecule has 2 rings (SSSR count). The Hall–Kier alpha value is -2.60. The van der Waals surface area contributed by atoms with Crippen molar-refractivity contribution in [2.45, 2.75) is 25.7 Å². The van der Waals surface area contributed by atoms with Gasteiger partial charge in [-0.2, -0.15) is 0 Å². The Morgan fingerprint density at radius 1 is 1.00 bits per heavy atom. The lowest BCUT2D eigenvalue weighted by atomic mass is 10.0. The minimum absolute atomic E-state index is 0.162. The summed E-state index contributed by atoms with van der Waals surface area (Å²) in [5, 5.41) is 6.95. The van der Waals surface area contributed by atoms with Gasteiger partial charge < -0.3 is 20.1 Å². The zero-order chi connectivity index (χ0) is 19.5. The van der Waals surface area contributed by atoms with E-state index in [0.29, 0.717) is 11.5 Å². The van der Waals surface area contributed by atoms with Gasteiger partial charge in [0.1, 0.15) is 5.75 Å². The van der Waals surface area contributed by atoms with Crippen molar-refractivity contribution in [1.29, 1.82) is 0 Å². The summed E-state index contributed by atoms with van der Waals surface area (Å²) >= 11 is 5.39. The number of hydrogen-bond donors (Lipinski definition) is 2. The smallest absolute Gasteiger partial charge is 0.305 e. The third-order valence-corrected chi connectivity index (χ3v) is 4.37. The Balaban J connectivity index is 1.86. The number of anilines is 1. The van der Waals surface area contributed by atoms with Crippen LogP contribution in [0.5, 0.6) is 5.75 Å². The van der Waals surface area contributed by atoms with Gasteiger partial charge in [-0.3, -0.25) is 4.79 Å². The molecule has 0 heterocycles. The van der Waals surface area contributed by atoms with Crippen molar-refractivity contribution in [2.75, 3.05) is 26.1 Å². The SMILES string of the molecule is COC(=O)CCCCCNC(=S)Nc1cc(-c2ccccc2)ccc1OC. The van der Waals surface area contributed by atoms with E-state index >= 15 is 0 Å². The molecule has 2 aromatic rings. The van der Waals surface area contributed by atoms with Crippen molar-refractivity contribution in [3.8, 4) is 16.9 Å². The van der Waals surface area contributed by atoms with Gasteiger partial charge in [0.2, 0.25) is 0 Å². The Morgan fingerprint density at radius 3 is 2.48 bits per heavy atom. The van der Waals surface area contributed by atoms with Crippen LogP contribution >= 0.6 is 12.2 Å². The van der Waals surface area contributed by atoms with E-state index in [1.54, 1.807) is 7.11 Å². The van der Waals surface area contributed by atoms with Gasteiger partial charge in [0.25, 0.3) is 0 Å². The van der Waals surface area contributed by atoms with Crippen LogP contribution in [0.15, 0.2) is 48.5 Å². The number of unbranched alkanes of at least 4 members (excludes halogenated alkanes) is 2. The second-order valence-corrected chi connectivity index (χ2v) is 6.46. The van der Waals surface area contributed by atoms with E-state index in [1.807, 2.05) is 36.4 Å². The highest BCUT2D eigenvalue weighted by atomic mass is 32.1. The van der Waals surface area contributed by atoms with Crippen molar-refractivity contribution >= 4 is 29.0 Å². The summed E-state index contributed by atoms with van der Waals surface area (Å²) in [5.74, 6) is 0.572. The highest BCUT2D eigenvalue weighted by Crippen LogP contribution is 2.30. The highest BCUT2D eigenvalue weighted by Gasteiger charge is 2.08. The first kappa shape index (κ1) is 20.7. The first-order valence-electron chi connectivity index (χ1n) is 8.99. The number of benzene rings is 2. The lowest BCUT2D eigenvalue weighted by Crippen LogP contribution is -2.29. The molecule has 0 unspecified atom stereocenters. The molecule has 0 spiro atoms. The number of nitrogens with one attached hydrogen (secondary N) is 2. The molecule has 0 radical (unpaired) electrons. The summed E-state index contributed by atoms with van der Waals surface area (Å²) in [7, 11) is 3.05. The van der Waals surface area contributed by atoms with Gasteiger partial charge in [0.15, 0.2) is 5.11 Å². The number of esters is 1. The van der Waals surface area contributed by atoms with E-state index in [0.717, 1.165) is 48.4 Å². The monoisotopic (exact) mass is 386 g/mol. The second-order valence-electron chi connectivity index (χ2n) is 6.05. The first-order valence-corrected chi connectivity index (χ1v) is 9.40. The van der Waals surface area contributed by atoms with Crippen molar-refractivity contribution in [2.24, 2.45) is 0 Å². The van der Waals surface area contributed by atoms with Gasteiger partial charge in [-0.25, -0.2) is 0 Å². The minimum Gasteiger partial charge on any atom is -0.495 e. The van der Waals surface area contributed by atoms with Crippen LogP contribution < -0.4 is 15.4 Å². The molecule has 5 nitrogen and oxygen atoms in total. The Morgan fingerprint density at radius 2 is 1.78 bits per heavy atom. The number of methoxy groups -OCH3 is 2. The number of carbonyl (C=O) groups excluding carboxylic acids is 1. The fourth-order valence-corrected chi connectivity index (χ4v) is 2.87. The molecule has 0 fully saturated rings. The van der Waals surface area contributed by atoms with Gasteiger partial charge in [-0.05, 0) is 48.3 Å². The van der Waals surface area contributed by atoms with Crippen LogP contribution in [0.3, 0.4) is 0 Å². The van der Waals surface area contributed by atoms with E-state index in [4.69, 9.17) is 17.0 Å². The number of ether oxygens (including phenoxy) is 2. The van der Waals surface area contributed by atoms with E-state index in [9.17, 15) is 4.79 Å². The molecular formula is C21H26N2O3S. The number of rotatable bonds is 9. The maximum absolute atomic E-state index is 11.1. The fraction of sp³-hybridized carbons (Fsp3) is 0.333. The molecule has 0 aliphatic carbocycles. The minimum atomic E-state index is -0.162. The van der Waals surface area contributed by atoms with E-state index in [1.165, 1.54) is 7.11 Å². The molecule has 0 atom stereocenters. The molecule has 0 aliphatic rings. The zero-order valence-corrected chi connectivity index (χ0v) is 16.6. The van der Waals surface area contributed by atoms with Crippen molar-refractivity contribution in [3.05, 3.63) is 48.5 Å². The lowest BCUT2D eigenvalue weighted by molar-refractivity contribution is -0.140. The summed E-state index contributed by atoms with van der Waals surface area (Å²) in [4.78, 5) is 11.1. The van der Waals surface area contributed by atoms with Gasteiger partial charge in [-0.15, -0.1) is 0 Å². The predicted octanol–water partition coefficient (Wildman–Crippen LogP) is 4.38. The summed E-state index contributed by atoms with van der Waals surface area (Å²) in [6, 6.07) is 16.1. The predicted molar refractivity (Wildman–Crippen MR) is 113 cm³/mol. The topological polar surface area (TPSA) is 59.6 Å².